The molecule has 0 aliphatic carbocycles. The predicted octanol–water partition coefficient (Wildman–Crippen LogP) is 4.24. The third kappa shape index (κ3) is 6.62. The Labute approximate surface area is 168 Å². The third-order valence-corrected chi connectivity index (χ3v) is 3.81. The number of aromatic nitrogens is 1. The van der Waals surface area contributed by atoms with Crippen molar-refractivity contribution in [1.82, 2.24) is 4.98 Å². The van der Waals surface area contributed by atoms with Crippen LogP contribution in [0.5, 0.6) is 11.5 Å². The zero-order valence-electron chi connectivity index (χ0n) is 15.9. The molecule has 0 aliphatic rings. The number of esters is 1. The van der Waals surface area contributed by atoms with Gasteiger partial charge in [0.05, 0.1) is 0 Å². The number of nitrogens with zero attached hydrogens (tertiary/aromatic N) is 1. The van der Waals surface area contributed by atoms with Gasteiger partial charge in [0.2, 0.25) is 5.91 Å². The number of amides is 1. The molecule has 29 heavy (non-hydrogen) atoms. The fourth-order valence-corrected chi connectivity index (χ4v) is 2.45. The Hall–Kier alpha value is -3.93. The first-order valence-electron chi connectivity index (χ1n) is 8.98. The maximum atomic E-state index is 12.0. The number of benzene rings is 2. The standard InChI is InChI=1S/C23H20N2O4/c1-17(26)25-20-7-11-22(12-8-20)29-23(27)13-6-18-4-9-21(10-5-18)28-16-19-3-2-14-24-15-19/h2-15H,16H2,1H3,(H,25,26)/b13-6+. The lowest BCUT2D eigenvalue weighted by Gasteiger charge is -2.06. The number of pyridine rings is 1. The van der Waals surface area contributed by atoms with Gasteiger partial charge in [-0.1, -0.05) is 18.2 Å². The summed E-state index contributed by atoms with van der Waals surface area (Å²) >= 11 is 0. The van der Waals surface area contributed by atoms with E-state index in [4.69, 9.17) is 9.47 Å². The molecule has 0 unspecified atom stereocenters. The number of hydrogen-bond acceptors (Lipinski definition) is 5. The number of rotatable bonds is 7. The van der Waals surface area contributed by atoms with Crippen LogP contribution in [0, 0.1) is 0 Å². The molecule has 0 atom stereocenters. The summed E-state index contributed by atoms with van der Waals surface area (Å²) in [5, 5.41) is 2.65. The van der Waals surface area contributed by atoms with Crippen LogP contribution in [0.2, 0.25) is 0 Å². The van der Waals surface area contributed by atoms with Crippen molar-refractivity contribution in [2.24, 2.45) is 0 Å². The molecular formula is C23H20N2O4. The van der Waals surface area contributed by atoms with E-state index in [0.717, 1.165) is 16.9 Å². The summed E-state index contributed by atoms with van der Waals surface area (Å²) in [6.07, 6.45) is 6.50. The van der Waals surface area contributed by atoms with Gasteiger partial charge < -0.3 is 14.8 Å². The Morgan fingerprint density at radius 3 is 2.38 bits per heavy atom. The van der Waals surface area contributed by atoms with Gasteiger partial charge in [-0.15, -0.1) is 0 Å². The van der Waals surface area contributed by atoms with Crippen LogP contribution in [0.3, 0.4) is 0 Å². The Bertz CT molecular complexity index is 982. The minimum absolute atomic E-state index is 0.161. The molecule has 2 aromatic carbocycles. The number of hydrogen-bond donors (Lipinski definition) is 1. The van der Waals surface area contributed by atoms with Gasteiger partial charge >= 0.3 is 5.97 Å². The van der Waals surface area contributed by atoms with Crippen LogP contribution in [0.4, 0.5) is 5.69 Å². The van der Waals surface area contributed by atoms with Gasteiger partial charge in [-0.3, -0.25) is 9.78 Å². The molecule has 6 heteroatoms. The Balaban J connectivity index is 1.50. The molecule has 1 heterocycles. The first-order valence-corrected chi connectivity index (χ1v) is 8.98. The molecular weight excluding hydrogens is 368 g/mol. The number of anilines is 1. The molecule has 0 bridgehead atoms. The number of nitrogens with one attached hydrogen (secondary N) is 1. The Kier molecular flexibility index (Phi) is 6.73. The molecule has 1 N–H and O–H groups in total. The highest BCUT2D eigenvalue weighted by Crippen LogP contribution is 2.17. The van der Waals surface area contributed by atoms with E-state index >= 15 is 0 Å². The topological polar surface area (TPSA) is 77.5 Å². The molecule has 3 aromatic rings. The lowest BCUT2D eigenvalue weighted by Crippen LogP contribution is -2.06. The second-order valence-corrected chi connectivity index (χ2v) is 6.18. The largest absolute Gasteiger partial charge is 0.489 e. The Morgan fingerprint density at radius 2 is 1.72 bits per heavy atom. The minimum Gasteiger partial charge on any atom is -0.489 e. The second kappa shape index (κ2) is 9.85. The smallest absolute Gasteiger partial charge is 0.336 e. The predicted molar refractivity (Wildman–Crippen MR) is 110 cm³/mol. The number of carbonyl (C=O) groups excluding carboxylic acids is 2. The monoisotopic (exact) mass is 388 g/mol. The number of ether oxygens (including phenoxy) is 2. The molecule has 0 radical (unpaired) electrons. The van der Waals surface area contributed by atoms with Gasteiger partial charge in [0.25, 0.3) is 0 Å². The molecule has 1 aromatic heterocycles. The quantitative estimate of drug-likeness (QED) is 0.372. The van der Waals surface area contributed by atoms with E-state index in [-0.39, 0.29) is 5.91 Å². The minimum atomic E-state index is -0.491. The summed E-state index contributed by atoms with van der Waals surface area (Å²) in [6.45, 7) is 1.87. The summed E-state index contributed by atoms with van der Waals surface area (Å²) in [6, 6.07) is 17.7. The van der Waals surface area contributed by atoms with Crippen molar-refractivity contribution in [3.8, 4) is 11.5 Å². The summed E-state index contributed by atoms with van der Waals surface area (Å²) in [4.78, 5) is 27.0. The molecule has 6 nitrogen and oxygen atoms in total. The van der Waals surface area contributed by atoms with Crippen molar-refractivity contribution < 1.29 is 19.1 Å². The SMILES string of the molecule is CC(=O)Nc1ccc(OC(=O)/C=C/c2ccc(OCc3cccnc3)cc2)cc1. The molecule has 0 aliphatic heterocycles. The van der Waals surface area contributed by atoms with Crippen LogP contribution in [0.25, 0.3) is 6.08 Å². The van der Waals surface area contributed by atoms with Crippen LogP contribution in [0.1, 0.15) is 18.1 Å². The van der Waals surface area contributed by atoms with Crippen LogP contribution >= 0.6 is 0 Å². The fraction of sp³-hybridized carbons (Fsp3) is 0.0870. The van der Waals surface area contributed by atoms with Crippen LogP contribution in [-0.4, -0.2) is 16.9 Å². The normalized spacial score (nSPS) is 10.5. The zero-order valence-corrected chi connectivity index (χ0v) is 15.9. The van der Waals surface area contributed by atoms with Crippen LogP contribution in [-0.2, 0) is 16.2 Å². The van der Waals surface area contributed by atoms with Gasteiger partial charge in [0.1, 0.15) is 18.1 Å². The van der Waals surface area contributed by atoms with Crippen LogP contribution in [0.15, 0.2) is 79.1 Å². The van der Waals surface area contributed by atoms with Gasteiger partial charge in [0.15, 0.2) is 0 Å². The maximum Gasteiger partial charge on any atom is 0.336 e. The van der Waals surface area contributed by atoms with Gasteiger partial charge in [-0.05, 0) is 54.1 Å². The lowest BCUT2D eigenvalue weighted by molar-refractivity contribution is -0.128. The summed E-state index contributed by atoms with van der Waals surface area (Å²) in [5.74, 6) is 0.473. The third-order valence-electron chi connectivity index (χ3n) is 3.81. The van der Waals surface area contributed by atoms with Crippen molar-refractivity contribution in [3.05, 3.63) is 90.3 Å². The molecule has 1 amide bonds. The molecule has 0 fully saturated rings. The average Bonchev–Trinajstić information content (AvgIpc) is 2.73. The van der Waals surface area contributed by atoms with Gasteiger partial charge in [0, 0.05) is 36.6 Å². The van der Waals surface area contributed by atoms with Crippen molar-refractivity contribution in [1.29, 1.82) is 0 Å². The maximum absolute atomic E-state index is 12.0. The van der Waals surface area contributed by atoms with E-state index in [1.165, 1.54) is 13.0 Å². The van der Waals surface area contributed by atoms with E-state index < -0.39 is 5.97 Å². The first-order chi connectivity index (χ1) is 14.1. The van der Waals surface area contributed by atoms with Crippen molar-refractivity contribution in [2.45, 2.75) is 13.5 Å². The zero-order chi connectivity index (χ0) is 20.5. The molecule has 0 saturated heterocycles. The van der Waals surface area contributed by atoms with Crippen LogP contribution < -0.4 is 14.8 Å². The molecule has 0 saturated carbocycles. The van der Waals surface area contributed by atoms with Crippen molar-refractivity contribution in [3.63, 3.8) is 0 Å². The second-order valence-electron chi connectivity index (χ2n) is 6.18. The molecule has 146 valence electrons. The van der Waals surface area contributed by atoms with Crippen molar-refractivity contribution in [2.75, 3.05) is 5.32 Å². The van der Waals surface area contributed by atoms with E-state index in [9.17, 15) is 9.59 Å². The fourth-order valence-electron chi connectivity index (χ4n) is 2.45. The van der Waals surface area contributed by atoms with Gasteiger partial charge in [-0.2, -0.15) is 0 Å². The molecule has 0 spiro atoms. The number of carbonyl (C=O) groups is 2. The molecule has 3 rings (SSSR count). The van der Waals surface area contributed by atoms with E-state index in [2.05, 4.69) is 10.3 Å². The van der Waals surface area contributed by atoms with E-state index in [1.807, 2.05) is 36.4 Å². The first kappa shape index (κ1) is 19.8. The lowest BCUT2D eigenvalue weighted by atomic mass is 10.2. The highest BCUT2D eigenvalue weighted by molar-refractivity contribution is 5.90. The summed E-state index contributed by atoms with van der Waals surface area (Å²) in [5.41, 5.74) is 2.47. The average molecular weight is 388 g/mol. The van der Waals surface area contributed by atoms with E-state index in [0.29, 0.717) is 18.0 Å². The van der Waals surface area contributed by atoms with E-state index in [1.54, 1.807) is 42.7 Å². The highest BCUT2D eigenvalue weighted by Gasteiger charge is 2.02. The Morgan fingerprint density at radius 1 is 1.00 bits per heavy atom. The van der Waals surface area contributed by atoms with Gasteiger partial charge in [-0.25, -0.2) is 4.79 Å². The summed E-state index contributed by atoms with van der Waals surface area (Å²) in [7, 11) is 0. The summed E-state index contributed by atoms with van der Waals surface area (Å²) < 4.78 is 10.9. The highest BCUT2D eigenvalue weighted by atomic mass is 16.5. The van der Waals surface area contributed by atoms with Crippen molar-refractivity contribution >= 4 is 23.6 Å².